The Morgan fingerprint density at radius 2 is 1.81 bits per heavy atom. The Kier molecular flexibility index (Phi) is 5.91. The molecule has 5 heteroatoms. The van der Waals surface area contributed by atoms with Crippen LogP contribution in [0.3, 0.4) is 0 Å². The van der Waals surface area contributed by atoms with Gasteiger partial charge in [-0.3, -0.25) is 0 Å². The first kappa shape index (κ1) is 20.6. The number of rotatable bonds is 6. The predicted octanol–water partition coefficient (Wildman–Crippen LogP) is 5.86. The van der Waals surface area contributed by atoms with E-state index in [-0.39, 0.29) is 11.0 Å². The van der Waals surface area contributed by atoms with E-state index in [1.54, 1.807) is 0 Å². The molecular weight excluding hydrogens is 342 g/mol. The first-order valence-electron chi connectivity index (χ1n) is 9.47. The molecule has 0 aliphatic heterocycles. The average Bonchev–Trinajstić information content (AvgIpc) is 2.79. The molecule has 0 spiro atoms. The van der Waals surface area contributed by atoms with E-state index in [9.17, 15) is 4.79 Å². The number of aromatic nitrogens is 1. The zero-order valence-electron chi connectivity index (χ0n) is 17.5. The lowest BCUT2D eigenvalue weighted by Gasteiger charge is -2.37. The molecule has 0 fully saturated rings. The highest BCUT2D eigenvalue weighted by Crippen LogP contribution is 2.41. The largest absolute Gasteiger partial charge is 0.531 e. The summed E-state index contributed by atoms with van der Waals surface area (Å²) in [5.41, 5.74) is 1.59. The molecule has 0 unspecified atom stereocenters. The monoisotopic (exact) mass is 375 g/mol. The van der Waals surface area contributed by atoms with Crippen molar-refractivity contribution in [3.63, 3.8) is 0 Å². The van der Waals surface area contributed by atoms with Gasteiger partial charge < -0.3 is 13.7 Å². The Bertz CT molecular complexity index is 784. The third-order valence-electron chi connectivity index (χ3n) is 5.11. The average molecular weight is 376 g/mol. The summed E-state index contributed by atoms with van der Waals surface area (Å²) >= 11 is 0. The second-order valence-electron chi connectivity index (χ2n) is 8.78. The van der Waals surface area contributed by atoms with Crippen molar-refractivity contribution in [2.75, 3.05) is 6.61 Å². The highest BCUT2D eigenvalue weighted by Gasteiger charge is 2.41. The molecule has 0 aliphatic rings. The molecule has 0 aliphatic carbocycles. The van der Waals surface area contributed by atoms with Crippen molar-refractivity contribution < 1.29 is 14.0 Å². The Morgan fingerprint density at radius 3 is 2.35 bits per heavy atom. The van der Waals surface area contributed by atoms with Gasteiger partial charge in [0.2, 0.25) is 0 Å². The molecule has 26 heavy (non-hydrogen) atoms. The fourth-order valence-electron chi connectivity index (χ4n) is 2.73. The molecule has 4 nitrogen and oxygen atoms in total. The van der Waals surface area contributed by atoms with Gasteiger partial charge in [0.25, 0.3) is 8.32 Å². The van der Waals surface area contributed by atoms with Gasteiger partial charge in [-0.25, -0.2) is 4.79 Å². The van der Waals surface area contributed by atoms with Gasteiger partial charge in [0, 0.05) is 11.9 Å². The summed E-state index contributed by atoms with van der Waals surface area (Å²) in [6.07, 6.45) is 0. The van der Waals surface area contributed by atoms with E-state index in [0.29, 0.717) is 24.0 Å². The zero-order chi connectivity index (χ0) is 19.7. The lowest BCUT2D eigenvalue weighted by molar-refractivity contribution is 0.0525. The molecule has 0 bridgehead atoms. The number of hydrogen-bond acceptors (Lipinski definition) is 3. The maximum Gasteiger partial charge on any atom is 0.344 e. The second kappa shape index (κ2) is 7.47. The molecule has 2 aromatic rings. The number of nitrogens with zero attached hydrogens (tertiary/aromatic N) is 1. The molecule has 1 aromatic carbocycles. The van der Waals surface area contributed by atoms with E-state index in [1.807, 2.05) is 25.1 Å². The van der Waals surface area contributed by atoms with Crippen LogP contribution in [-0.4, -0.2) is 25.5 Å². The number of ether oxygens (including phenoxy) is 1. The van der Waals surface area contributed by atoms with Gasteiger partial charge in [0.1, 0.15) is 5.56 Å². The van der Waals surface area contributed by atoms with Gasteiger partial charge in [-0.05, 0) is 37.0 Å². The summed E-state index contributed by atoms with van der Waals surface area (Å²) in [6, 6.07) is 8.00. The van der Waals surface area contributed by atoms with Gasteiger partial charge in [-0.15, -0.1) is 0 Å². The van der Waals surface area contributed by atoms with Crippen LogP contribution in [0.15, 0.2) is 24.3 Å². The molecule has 0 atom stereocenters. The molecule has 0 amide bonds. The van der Waals surface area contributed by atoms with Crippen LogP contribution in [0.1, 0.15) is 51.9 Å². The Hall–Kier alpha value is -1.75. The first-order chi connectivity index (χ1) is 12.0. The summed E-state index contributed by atoms with van der Waals surface area (Å²) in [5, 5.41) is 0.943. The molecule has 0 N–H and O–H groups in total. The highest BCUT2D eigenvalue weighted by molar-refractivity contribution is 6.74. The van der Waals surface area contributed by atoms with E-state index in [1.165, 1.54) is 0 Å². The van der Waals surface area contributed by atoms with Gasteiger partial charge in [-0.1, -0.05) is 52.8 Å². The van der Waals surface area contributed by atoms with E-state index < -0.39 is 8.32 Å². The SMILES string of the molecule is CCOC(=O)c1c(O[Si](C)(C)C(C)(C)C)n(CC(C)C)c2ccccc12. The molecule has 2 rings (SSSR count). The lowest BCUT2D eigenvalue weighted by atomic mass is 10.2. The number of carbonyl (C=O) groups is 1. The van der Waals surface area contributed by atoms with Crippen molar-refractivity contribution in [1.82, 2.24) is 4.57 Å². The maximum atomic E-state index is 12.8. The summed E-state index contributed by atoms with van der Waals surface area (Å²) in [6.45, 7) is 18.4. The van der Waals surface area contributed by atoms with E-state index >= 15 is 0 Å². The van der Waals surface area contributed by atoms with Gasteiger partial charge in [0.15, 0.2) is 5.88 Å². The standard InChI is InChI=1S/C21H33NO3Si/c1-9-24-20(23)18-16-12-10-11-13-17(16)22(14-15(2)3)19(18)25-26(7,8)21(4,5)6/h10-13,15H,9,14H2,1-8H3. The fraction of sp³-hybridized carbons (Fsp3) is 0.571. The normalized spacial score (nSPS) is 12.7. The molecule has 144 valence electrons. The van der Waals surface area contributed by atoms with Crippen LogP contribution in [0.5, 0.6) is 5.88 Å². The maximum absolute atomic E-state index is 12.8. The van der Waals surface area contributed by atoms with Crippen molar-refractivity contribution in [2.45, 2.75) is 66.2 Å². The number of esters is 1. The molecule has 0 radical (unpaired) electrons. The number of para-hydroxylation sites is 1. The van der Waals surface area contributed by atoms with Crippen molar-refractivity contribution in [3.8, 4) is 5.88 Å². The smallest absolute Gasteiger partial charge is 0.344 e. The van der Waals surface area contributed by atoms with Crippen LogP contribution in [0, 0.1) is 5.92 Å². The predicted molar refractivity (Wildman–Crippen MR) is 111 cm³/mol. The summed E-state index contributed by atoms with van der Waals surface area (Å²) < 4.78 is 14.2. The van der Waals surface area contributed by atoms with Gasteiger partial charge >= 0.3 is 5.97 Å². The third-order valence-corrected chi connectivity index (χ3v) is 9.42. The van der Waals surface area contributed by atoms with E-state index in [4.69, 9.17) is 9.16 Å². The molecule has 0 saturated carbocycles. The minimum absolute atomic E-state index is 0.0397. The second-order valence-corrected chi connectivity index (χ2v) is 13.5. The number of carbonyl (C=O) groups excluding carboxylic acids is 1. The van der Waals surface area contributed by atoms with Gasteiger partial charge in [-0.2, -0.15) is 0 Å². The minimum atomic E-state index is -2.12. The van der Waals surface area contributed by atoms with Crippen LogP contribution in [-0.2, 0) is 11.3 Å². The van der Waals surface area contributed by atoms with Crippen molar-refractivity contribution in [3.05, 3.63) is 29.8 Å². The van der Waals surface area contributed by atoms with Crippen LogP contribution < -0.4 is 4.43 Å². The van der Waals surface area contributed by atoms with Crippen LogP contribution in [0.4, 0.5) is 0 Å². The molecule has 1 heterocycles. The third kappa shape index (κ3) is 3.98. The summed E-state index contributed by atoms with van der Waals surface area (Å²) in [4.78, 5) is 12.8. The number of hydrogen-bond donors (Lipinski definition) is 0. The Labute approximate surface area is 158 Å². The van der Waals surface area contributed by atoms with Crippen molar-refractivity contribution >= 4 is 25.2 Å². The Morgan fingerprint density at radius 1 is 1.19 bits per heavy atom. The quantitative estimate of drug-likeness (QED) is 0.469. The number of fused-ring (bicyclic) bond motifs is 1. The van der Waals surface area contributed by atoms with E-state index in [0.717, 1.165) is 17.4 Å². The minimum Gasteiger partial charge on any atom is -0.531 e. The molecular formula is C21H33NO3Si. The highest BCUT2D eigenvalue weighted by atomic mass is 28.4. The fourth-order valence-corrected chi connectivity index (χ4v) is 3.73. The molecule has 0 saturated heterocycles. The van der Waals surface area contributed by atoms with Crippen molar-refractivity contribution in [1.29, 1.82) is 0 Å². The topological polar surface area (TPSA) is 40.5 Å². The number of benzene rings is 1. The Balaban J connectivity index is 2.75. The van der Waals surface area contributed by atoms with Gasteiger partial charge in [0.05, 0.1) is 12.1 Å². The van der Waals surface area contributed by atoms with E-state index in [2.05, 4.69) is 58.3 Å². The zero-order valence-corrected chi connectivity index (χ0v) is 18.5. The molecule has 1 aromatic heterocycles. The van der Waals surface area contributed by atoms with Crippen molar-refractivity contribution in [2.24, 2.45) is 5.92 Å². The van der Waals surface area contributed by atoms with Crippen LogP contribution in [0.2, 0.25) is 18.1 Å². The first-order valence-corrected chi connectivity index (χ1v) is 12.4. The van der Waals surface area contributed by atoms with Crippen LogP contribution in [0.25, 0.3) is 10.9 Å². The summed E-state index contributed by atoms with van der Waals surface area (Å²) in [7, 11) is -2.12. The summed E-state index contributed by atoms with van der Waals surface area (Å²) in [5.74, 6) is 0.799. The lowest BCUT2D eigenvalue weighted by Crippen LogP contribution is -2.44. The van der Waals surface area contributed by atoms with Crippen LogP contribution >= 0.6 is 0 Å².